The molecule has 1 aromatic heterocycles. The van der Waals surface area contributed by atoms with Crippen LogP contribution in [-0.2, 0) is 17.6 Å². The van der Waals surface area contributed by atoms with E-state index in [1.165, 1.54) is 16.8 Å². The molecule has 0 saturated carbocycles. The third-order valence-electron chi connectivity index (χ3n) is 3.99. The Labute approximate surface area is 125 Å². The van der Waals surface area contributed by atoms with Crippen LogP contribution in [0.15, 0.2) is 4.99 Å². The summed E-state index contributed by atoms with van der Waals surface area (Å²) in [6.45, 7) is 9.42. The second kappa shape index (κ2) is 5.97. The second-order valence-corrected chi connectivity index (χ2v) is 7.37. The number of hydrogen-bond donors (Lipinski definition) is 0. The number of thiophene rings is 1. The van der Waals surface area contributed by atoms with Crippen LogP contribution in [0.5, 0.6) is 0 Å². The minimum Gasteiger partial charge on any atom is -0.483 e. The largest absolute Gasteiger partial charge is 0.483 e. The fraction of sp³-hybridized carbons (Fsp3) is 0.625. The van der Waals surface area contributed by atoms with E-state index in [-0.39, 0.29) is 0 Å². The van der Waals surface area contributed by atoms with Crippen LogP contribution in [-0.4, -0.2) is 13.0 Å². The Balaban J connectivity index is 2.29. The van der Waals surface area contributed by atoms with E-state index >= 15 is 0 Å². The van der Waals surface area contributed by atoms with E-state index in [9.17, 15) is 5.26 Å². The molecule has 0 radical (unpaired) electrons. The molecule has 1 aromatic rings. The van der Waals surface area contributed by atoms with E-state index in [1.54, 1.807) is 11.3 Å². The lowest BCUT2D eigenvalue weighted by Crippen LogP contribution is -2.26. The van der Waals surface area contributed by atoms with Gasteiger partial charge in [-0.05, 0) is 43.1 Å². The predicted octanol–water partition coefficient (Wildman–Crippen LogP) is 4.47. The summed E-state index contributed by atoms with van der Waals surface area (Å²) in [5.41, 5.74) is 2.30. The van der Waals surface area contributed by atoms with Crippen molar-refractivity contribution >= 4 is 22.7 Å². The van der Waals surface area contributed by atoms with Crippen molar-refractivity contribution in [3.05, 3.63) is 16.0 Å². The molecule has 1 aliphatic carbocycles. The number of ether oxygens (including phenoxy) is 1. The summed E-state index contributed by atoms with van der Waals surface area (Å²) in [7, 11) is 0. The Bertz CT molecular complexity index is 546. The first-order valence-electron chi connectivity index (χ1n) is 7.16. The molecule has 0 bridgehead atoms. The Hall–Kier alpha value is -1.34. The minimum absolute atomic E-state index is 0.323. The van der Waals surface area contributed by atoms with Gasteiger partial charge in [0.15, 0.2) is 6.40 Å². The average molecular weight is 290 g/mol. The fourth-order valence-electron chi connectivity index (χ4n) is 2.68. The van der Waals surface area contributed by atoms with Gasteiger partial charge in [-0.2, -0.15) is 5.26 Å². The molecule has 1 unspecified atom stereocenters. The van der Waals surface area contributed by atoms with E-state index in [4.69, 9.17) is 4.74 Å². The van der Waals surface area contributed by atoms with Crippen molar-refractivity contribution in [1.29, 1.82) is 5.26 Å². The molecule has 108 valence electrons. The lowest BCUT2D eigenvalue weighted by Gasteiger charge is -2.33. The van der Waals surface area contributed by atoms with Gasteiger partial charge in [-0.25, -0.2) is 4.99 Å². The molecule has 0 spiro atoms. The monoisotopic (exact) mass is 290 g/mol. The zero-order valence-electron chi connectivity index (χ0n) is 12.7. The van der Waals surface area contributed by atoms with Gasteiger partial charge in [0, 0.05) is 4.88 Å². The first-order valence-corrected chi connectivity index (χ1v) is 7.97. The van der Waals surface area contributed by atoms with Crippen molar-refractivity contribution in [2.24, 2.45) is 16.3 Å². The highest BCUT2D eigenvalue weighted by atomic mass is 32.1. The molecule has 20 heavy (non-hydrogen) atoms. The molecular formula is C16H22N2OS. The molecule has 0 amide bonds. The zero-order valence-corrected chi connectivity index (χ0v) is 13.5. The molecular weight excluding hydrogens is 268 g/mol. The van der Waals surface area contributed by atoms with Gasteiger partial charge in [-0.15, -0.1) is 11.3 Å². The smallest absolute Gasteiger partial charge is 0.175 e. The van der Waals surface area contributed by atoms with Crippen LogP contribution in [0.2, 0.25) is 0 Å². The van der Waals surface area contributed by atoms with Crippen molar-refractivity contribution < 1.29 is 4.74 Å². The lowest BCUT2D eigenvalue weighted by molar-refractivity contribution is 0.218. The summed E-state index contributed by atoms with van der Waals surface area (Å²) in [5, 5.41) is 10.2. The summed E-state index contributed by atoms with van der Waals surface area (Å²) in [6.07, 6.45) is 4.69. The minimum atomic E-state index is 0.323. The highest BCUT2D eigenvalue weighted by molar-refractivity contribution is 7.16. The zero-order chi connectivity index (χ0) is 14.8. The topological polar surface area (TPSA) is 45.4 Å². The van der Waals surface area contributed by atoms with Gasteiger partial charge in [-0.3, -0.25) is 0 Å². The lowest BCUT2D eigenvalue weighted by atomic mass is 9.72. The van der Waals surface area contributed by atoms with Crippen LogP contribution >= 0.6 is 11.3 Å². The van der Waals surface area contributed by atoms with Gasteiger partial charge in [0.1, 0.15) is 11.1 Å². The van der Waals surface area contributed by atoms with Crippen molar-refractivity contribution in [2.75, 3.05) is 6.61 Å². The van der Waals surface area contributed by atoms with Crippen LogP contribution < -0.4 is 0 Å². The van der Waals surface area contributed by atoms with Crippen LogP contribution in [0.4, 0.5) is 5.00 Å². The van der Waals surface area contributed by atoms with Crippen LogP contribution in [0.3, 0.4) is 0 Å². The number of rotatable bonds is 3. The molecule has 2 rings (SSSR count). The number of nitrogens with zero attached hydrogens (tertiary/aromatic N) is 2. The molecule has 1 aliphatic rings. The maximum absolute atomic E-state index is 9.39. The van der Waals surface area contributed by atoms with Gasteiger partial charge in [0.05, 0.1) is 12.2 Å². The number of hydrogen-bond acceptors (Lipinski definition) is 4. The standard InChI is InChI=1S/C16H22N2OS/c1-5-19-10-18-15-13(9-17)12-7-6-11(16(2,3)4)8-14(12)20-15/h10-11H,5-8H2,1-4H3/b18-10+. The van der Waals surface area contributed by atoms with E-state index in [0.717, 1.165) is 29.8 Å². The normalized spacial score (nSPS) is 18.9. The van der Waals surface area contributed by atoms with E-state index < -0.39 is 0 Å². The average Bonchev–Trinajstić information content (AvgIpc) is 2.74. The highest BCUT2D eigenvalue weighted by Gasteiger charge is 2.32. The molecule has 1 heterocycles. The van der Waals surface area contributed by atoms with Crippen molar-refractivity contribution in [1.82, 2.24) is 0 Å². The summed E-state index contributed by atoms with van der Waals surface area (Å²) >= 11 is 1.66. The molecule has 0 fully saturated rings. The first-order chi connectivity index (χ1) is 9.47. The molecule has 3 nitrogen and oxygen atoms in total. The Morgan fingerprint density at radius 1 is 1.50 bits per heavy atom. The van der Waals surface area contributed by atoms with Crippen molar-refractivity contribution in [3.8, 4) is 6.07 Å². The van der Waals surface area contributed by atoms with Crippen molar-refractivity contribution in [3.63, 3.8) is 0 Å². The van der Waals surface area contributed by atoms with Gasteiger partial charge < -0.3 is 4.74 Å². The quantitative estimate of drug-likeness (QED) is 0.609. The maximum atomic E-state index is 9.39. The van der Waals surface area contributed by atoms with Gasteiger partial charge >= 0.3 is 0 Å². The van der Waals surface area contributed by atoms with Gasteiger partial charge in [0.2, 0.25) is 0 Å². The van der Waals surface area contributed by atoms with Crippen LogP contribution in [0, 0.1) is 22.7 Å². The number of aliphatic imine (C=N–C) groups is 1. The summed E-state index contributed by atoms with van der Waals surface area (Å²) in [4.78, 5) is 5.65. The van der Waals surface area contributed by atoms with Crippen molar-refractivity contribution in [2.45, 2.75) is 47.0 Å². The van der Waals surface area contributed by atoms with E-state index in [1.807, 2.05) is 6.92 Å². The molecule has 4 heteroatoms. The summed E-state index contributed by atoms with van der Waals surface area (Å²) in [6, 6.07) is 2.33. The van der Waals surface area contributed by atoms with E-state index in [0.29, 0.717) is 17.9 Å². The highest BCUT2D eigenvalue weighted by Crippen LogP contribution is 2.44. The van der Waals surface area contributed by atoms with Gasteiger partial charge in [0.25, 0.3) is 0 Å². The third kappa shape index (κ3) is 3.04. The Kier molecular flexibility index (Phi) is 4.49. The number of nitriles is 1. The molecule has 0 N–H and O–H groups in total. The van der Waals surface area contributed by atoms with Crippen LogP contribution in [0.25, 0.3) is 0 Å². The SMILES string of the molecule is CCO/C=N/c1sc2c(c1C#N)CCC(C(C)(C)C)C2. The summed E-state index contributed by atoms with van der Waals surface area (Å²) in [5.74, 6) is 0.684. The van der Waals surface area contributed by atoms with Crippen LogP contribution in [0.1, 0.15) is 50.1 Å². The van der Waals surface area contributed by atoms with Gasteiger partial charge in [-0.1, -0.05) is 20.8 Å². The number of fused-ring (bicyclic) bond motifs is 1. The third-order valence-corrected chi connectivity index (χ3v) is 5.16. The predicted molar refractivity (Wildman–Crippen MR) is 83.8 cm³/mol. The first kappa shape index (κ1) is 15.1. The summed E-state index contributed by atoms with van der Waals surface area (Å²) < 4.78 is 5.15. The molecule has 1 atom stereocenters. The molecule has 0 aromatic carbocycles. The maximum Gasteiger partial charge on any atom is 0.175 e. The fourth-order valence-corrected chi connectivity index (χ4v) is 3.89. The Morgan fingerprint density at radius 3 is 2.85 bits per heavy atom. The molecule has 0 saturated heterocycles. The Morgan fingerprint density at radius 2 is 2.25 bits per heavy atom. The van der Waals surface area contributed by atoms with E-state index in [2.05, 4.69) is 31.8 Å². The second-order valence-electron chi connectivity index (χ2n) is 6.29. The molecule has 0 aliphatic heterocycles.